The fourth-order valence-corrected chi connectivity index (χ4v) is 2.78. The van der Waals surface area contributed by atoms with Crippen molar-refractivity contribution in [2.24, 2.45) is 0 Å². The molecule has 1 saturated carbocycles. The number of hydrogen-bond acceptors (Lipinski definition) is 2. The van der Waals surface area contributed by atoms with Gasteiger partial charge in [0.15, 0.2) is 6.29 Å². The highest BCUT2D eigenvalue weighted by molar-refractivity contribution is 4.65. The lowest BCUT2D eigenvalue weighted by molar-refractivity contribution is -0.157. The molecule has 1 atom stereocenters. The summed E-state index contributed by atoms with van der Waals surface area (Å²) in [6.07, 6.45) is 16.9. The summed E-state index contributed by atoms with van der Waals surface area (Å²) in [5.41, 5.74) is 0. The number of hydrogen-bond donors (Lipinski definition) is 0. The largest absolute Gasteiger partial charge is 0.350 e. The molecule has 1 aliphatic carbocycles. The maximum absolute atomic E-state index is 6.03. The van der Waals surface area contributed by atoms with Crippen molar-refractivity contribution in [2.45, 2.75) is 89.9 Å². The van der Waals surface area contributed by atoms with E-state index < -0.39 is 0 Å². The van der Waals surface area contributed by atoms with Gasteiger partial charge in [0.25, 0.3) is 0 Å². The average Bonchev–Trinajstić information content (AvgIpc) is 2.39. The van der Waals surface area contributed by atoms with Crippen molar-refractivity contribution in [2.75, 3.05) is 6.61 Å². The van der Waals surface area contributed by atoms with Crippen molar-refractivity contribution in [3.63, 3.8) is 0 Å². The van der Waals surface area contributed by atoms with Crippen LogP contribution >= 0.6 is 0 Å². The Morgan fingerprint density at radius 1 is 0.947 bits per heavy atom. The summed E-state index contributed by atoms with van der Waals surface area (Å²) in [5.74, 6) is 0. The van der Waals surface area contributed by atoms with Gasteiger partial charge in [0.05, 0.1) is 12.7 Å². The van der Waals surface area contributed by atoms with Crippen LogP contribution < -0.4 is 0 Å². The smallest absolute Gasteiger partial charge is 0.155 e. The Balaban J connectivity index is 2.27. The Kier molecular flexibility index (Phi) is 10.1. The van der Waals surface area contributed by atoms with E-state index in [1.54, 1.807) is 6.08 Å². The zero-order valence-corrected chi connectivity index (χ0v) is 12.7. The van der Waals surface area contributed by atoms with Gasteiger partial charge in [-0.15, -0.1) is 6.58 Å². The molecule has 19 heavy (non-hydrogen) atoms. The molecule has 1 unspecified atom stereocenters. The van der Waals surface area contributed by atoms with Gasteiger partial charge >= 0.3 is 0 Å². The van der Waals surface area contributed by atoms with Gasteiger partial charge in [-0.25, -0.2) is 0 Å². The summed E-state index contributed by atoms with van der Waals surface area (Å²) >= 11 is 0. The third-order valence-corrected chi connectivity index (χ3v) is 3.89. The molecule has 1 aliphatic rings. The first-order chi connectivity index (χ1) is 9.33. The molecule has 2 nitrogen and oxygen atoms in total. The highest BCUT2D eigenvalue weighted by Gasteiger charge is 2.13. The van der Waals surface area contributed by atoms with Crippen LogP contribution in [0.5, 0.6) is 0 Å². The molecule has 0 aromatic rings. The van der Waals surface area contributed by atoms with Gasteiger partial charge in [-0.3, -0.25) is 0 Å². The van der Waals surface area contributed by atoms with E-state index in [0.717, 1.165) is 0 Å². The fourth-order valence-electron chi connectivity index (χ4n) is 2.78. The highest BCUT2D eigenvalue weighted by atomic mass is 16.7. The zero-order chi connectivity index (χ0) is 13.8. The highest BCUT2D eigenvalue weighted by Crippen LogP contribution is 2.19. The van der Waals surface area contributed by atoms with Gasteiger partial charge in [0, 0.05) is 0 Å². The van der Waals surface area contributed by atoms with Crippen molar-refractivity contribution < 1.29 is 9.47 Å². The molecule has 0 saturated heterocycles. The maximum atomic E-state index is 6.03. The van der Waals surface area contributed by atoms with Crippen molar-refractivity contribution in [3.05, 3.63) is 12.7 Å². The van der Waals surface area contributed by atoms with Crippen molar-refractivity contribution in [1.82, 2.24) is 0 Å². The summed E-state index contributed by atoms with van der Waals surface area (Å²) in [4.78, 5) is 0. The Morgan fingerprint density at radius 2 is 1.42 bits per heavy atom. The van der Waals surface area contributed by atoms with E-state index in [1.165, 1.54) is 70.6 Å². The molecule has 0 aliphatic heterocycles. The van der Waals surface area contributed by atoms with Crippen LogP contribution in [-0.2, 0) is 9.47 Å². The monoisotopic (exact) mass is 268 g/mol. The molecule has 0 heterocycles. The number of rotatable bonds is 5. The maximum Gasteiger partial charge on any atom is 0.155 e. The van der Waals surface area contributed by atoms with Crippen LogP contribution in [0.25, 0.3) is 0 Å². The average molecular weight is 268 g/mol. The van der Waals surface area contributed by atoms with Crippen molar-refractivity contribution >= 4 is 0 Å². The summed E-state index contributed by atoms with van der Waals surface area (Å²) in [5, 5.41) is 0. The van der Waals surface area contributed by atoms with E-state index in [4.69, 9.17) is 9.47 Å². The normalized spacial score (nSPS) is 22.2. The molecule has 0 radical (unpaired) electrons. The van der Waals surface area contributed by atoms with Gasteiger partial charge in [-0.2, -0.15) is 0 Å². The fraction of sp³-hybridized carbons (Fsp3) is 0.882. The molecular weight excluding hydrogens is 236 g/mol. The minimum absolute atomic E-state index is 0.101. The predicted molar refractivity (Wildman–Crippen MR) is 81.3 cm³/mol. The summed E-state index contributed by atoms with van der Waals surface area (Å²) < 4.78 is 11.6. The first-order valence-corrected chi connectivity index (χ1v) is 8.21. The van der Waals surface area contributed by atoms with Gasteiger partial charge in [0.2, 0.25) is 0 Å². The van der Waals surface area contributed by atoms with E-state index in [1.807, 2.05) is 6.92 Å². The Hall–Kier alpha value is -0.340. The van der Waals surface area contributed by atoms with Gasteiger partial charge in [-0.1, -0.05) is 63.9 Å². The lowest BCUT2D eigenvalue weighted by Gasteiger charge is -2.23. The molecule has 112 valence electrons. The quantitative estimate of drug-likeness (QED) is 0.502. The minimum atomic E-state index is -0.101. The summed E-state index contributed by atoms with van der Waals surface area (Å²) in [7, 11) is 0. The predicted octanol–water partition coefficient (Wildman–Crippen LogP) is 5.22. The molecule has 0 aromatic carbocycles. The Bertz CT molecular complexity index is 203. The van der Waals surface area contributed by atoms with Crippen molar-refractivity contribution in [1.29, 1.82) is 0 Å². The first-order valence-electron chi connectivity index (χ1n) is 8.21. The number of ether oxygens (including phenoxy) is 2. The Morgan fingerprint density at radius 3 is 1.89 bits per heavy atom. The standard InChI is InChI=1S/C17H32O2/c1-3-15-18-16(2)19-17-13-11-9-7-5-4-6-8-10-12-14-17/h3,16-17H,1,4-15H2,2H3. The van der Waals surface area contributed by atoms with Crippen LogP contribution in [0.15, 0.2) is 12.7 Å². The van der Waals surface area contributed by atoms with Crippen LogP contribution in [-0.4, -0.2) is 19.0 Å². The van der Waals surface area contributed by atoms with E-state index in [0.29, 0.717) is 12.7 Å². The van der Waals surface area contributed by atoms with E-state index in [2.05, 4.69) is 6.58 Å². The molecule has 0 aromatic heterocycles. The topological polar surface area (TPSA) is 18.5 Å². The van der Waals surface area contributed by atoms with Crippen LogP contribution in [0.2, 0.25) is 0 Å². The van der Waals surface area contributed by atoms with E-state index >= 15 is 0 Å². The molecule has 0 bridgehead atoms. The lowest BCUT2D eigenvalue weighted by atomic mass is 9.99. The van der Waals surface area contributed by atoms with Crippen LogP contribution in [0.1, 0.15) is 77.6 Å². The second kappa shape index (κ2) is 11.5. The zero-order valence-electron chi connectivity index (χ0n) is 12.7. The SMILES string of the molecule is C=CCOC(C)OC1CCCCCCCCCCC1. The van der Waals surface area contributed by atoms with Gasteiger partial charge < -0.3 is 9.47 Å². The van der Waals surface area contributed by atoms with Gasteiger partial charge in [0.1, 0.15) is 0 Å². The molecule has 0 amide bonds. The van der Waals surface area contributed by atoms with E-state index in [9.17, 15) is 0 Å². The van der Waals surface area contributed by atoms with Crippen LogP contribution in [0, 0.1) is 0 Å². The van der Waals surface area contributed by atoms with E-state index in [-0.39, 0.29) is 6.29 Å². The molecular formula is C17H32O2. The third-order valence-electron chi connectivity index (χ3n) is 3.89. The molecule has 1 rings (SSSR count). The van der Waals surface area contributed by atoms with Crippen LogP contribution in [0.3, 0.4) is 0 Å². The molecule has 0 N–H and O–H groups in total. The minimum Gasteiger partial charge on any atom is -0.350 e. The second-order valence-electron chi connectivity index (χ2n) is 5.71. The summed E-state index contributed by atoms with van der Waals surface area (Å²) in [6, 6.07) is 0. The molecule has 1 fully saturated rings. The van der Waals surface area contributed by atoms with Gasteiger partial charge in [-0.05, 0) is 19.8 Å². The Labute approximate surface area is 119 Å². The molecule has 0 spiro atoms. The first kappa shape index (κ1) is 16.7. The van der Waals surface area contributed by atoms with Crippen molar-refractivity contribution in [3.8, 4) is 0 Å². The summed E-state index contributed by atoms with van der Waals surface area (Å²) in [6.45, 7) is 6.25. The lowest BCUT2D eigenvalue weighted by Crippen LogP contribution is -2.22. The second-order valence-corrected chi connectivity index (χ2v) is 5.71. The molecule has 2 heteroatoms. The van der Waals surface area contributed by atoms with Crippen LogP contribution in [0.4, 0.5) is 0 Å². The third kappa shape index (κ3) is 9.23.